The van der Waals surface area contributed by atoms with E-state index >= 15 is 0 Å². The van der Waals surface area contributed by atoms with Crippen molar-refractivity contribution in [2.24, 2.45) is 0 Å². The molecule has 0 aliphatic carbocycles. The van der Waals surface area contributed by atoms with Gasteiger partial charge in [0.05, 0.1) is 13.5 Å². The number of halogens is 3. The predicted octanol–water partition coefficient (Wildman–Crippen LogP) is 2.41. The van der Waals surface area contributed by atoms with E-state index in [2.05, 4.69) is 4.74 Å². The molecular weight excluding hydrogens is 315 g/mol. The Morgan fingerprint density at radius 1 is 1.26 bits per heavy atom. The van der Waals surface area contributed by atoms with Crippen molar-refractivity contribution in [2.45, 2.75) is 24.7 Å². The fourth-order valence-corrected chi connectivity index (χ4v) is 1.71. The molecule has 124 valence electrons. The van der Waals surface area contributed by atoms with E-state index < -0.39 is 30.2 Å². The summed E-state index contributed by atoms with van der Waals surface area (Å²) >= 11 is 0. The van der Waals surface area contributed by atoms with Gasteiger partial charge in [0.15, 0.2) is 0 Å². The van der Waals surface area contributed by atoms with Crippen molar-refractivity contribution in [3.05, 3.63) is 35.9 Å². The highest BCUT2D eigenvalue weighted by molar-refractivity contribution is 5.87. The monoisotopic (exact) mass is 329 g/mol. The Hall–Kier alpha value is -2.69. The van der Waals surface area contributed by atoms with E-state index in [1.807, 2.05) is 0 Å². The van der Waals surface area contributed by atoms with Crippen LogP contribution in [0.15, 0.2) is 30.3 Å². The van der Waals surface area contributed by atoms with Crippen molar-refractivity contribution in [3.63, 3.8) is 0 Å². The second-order valence-corrected chi connectivity index (χ2v) is 4.46. The Bertz CT molecular complexity index is 595. The summed E-state index contributed by atoms with van der Waals surface area (Å²) in [4.78, 5) is 23.2. The number of alkyl carbamates (subject to hydrolysis) is 1. The number of carbonyl (C=O) groups is 2. The highest BCUT2D eigenvalue weighted by Crippen LogP contribution is 2.34. The number of methoxy groups -OCH3 is 1. The third-order valence-corrected chi connectivity index (χ3v) is 2.91. The van der Waals surface area contributed by atoms with Crippen molar-refractivity contribution < 1.29 is 32.2 Å². The number of ether oxygens (including phenoxy) is 2. The maximum Gasteiger partial charge on any atom is 0.423 e. The lowest BCUT2D eigenvalue weighted by atomic mass is 9.95. The molecule has 0 heterocycles. The predicted molar refractivity (Wildman–Crippen MR) is 74.0 cm³/mol. The normalized spacial score (nSPS) is 13.3. The molecule has 1 amide bonds. The Morgan fingerprint density at radius 2 is 1.87 bits per heavy atom. The first-order valence-corrected chi connectivity index (χ1v) is 6.34. The average molecular weight is 329 g/mol. The molecule has 23 heavy (non-hydrogen) atoms. The lowest BCUT2D eigenvalue weighted by Gasteiger charge is -2.31. The van der Waals surface area contributed by atoms with Crippen molar-refractivity contribution in [3.8, 4) is 12.3 Å². The molecule has 0 bridgehead atoms. The molecule has 1 unspecified atom stereocenters. The molecule has 1 aromatic rings. The van der Waals surface area contributed by atoms with E-state index in [0.29, 0.717) is 5.56 Å². The maximum absolute atomic E-state index is 13.3. The first-order valence-electron chi connectivity index (χ1n) is 6.34. The molecule has 0 saturated carbocycles. The van der Waals surface area contributed by atoms with Gasteiger partial charge in [0, 0.05) is 0 Å². The van der Waals surface area contributed by atoms with Crippen LogP contribution >= 0.6 is 0 Å². The van der Waals surface area contributed by atoms with Gasteiger partial charge in [-0.1, -0.05) is 30.3 Å². The van der Waals surface area contributed by atoms with Gasteiger partial charge in [-0.25, -0.2) is 9.59 Å². The van der Waals surface area contributed by atoms with Crippen LogP contribution in [0.1, 0.15) is 12.0 Å². The zero-order chi connectivity index (χ0) is 17.5. The minimum atomic E-state index is -5.15. The Kier molecular flexibility index (Phi) is 6.02. The van der Waals surface area contributed by atoms with Crippen LogP contribution in [0.2, 0.25) is 0 Å². The number of hydrogen-bond donors (Lipinski definition) is 1. The smallest absolute Gasteiger partial charge is 0.423 e. The number of hydrogen-bond acceptors (Lipinski definition) is 4. The highest BCUT2D eigenvalue weighted by Gasteiger charge is 2.62. The zero-order valence-corrected chi connectivity index (χ0v) is 12.1. The molecule has 1 N–H and O–H groups in total. The summed E-state index contributed by atoms with van der Waals surface area (Å²) < 4.78 is 48.6. The zero-order valence-electron chi connectivity index (χ0n) is 12.1. The second kappa shape index (κ2) is 7.54. The lowest BCUT2D eigenvalue weighted by Crippen LogP contribution is -2.64. The molecule has 1 aromatic carbocycles. The number of rotatable bonds is 5. The Balaban J connectivity index is 2.90. The summed E-state index contributed by atoms with van der Waals surface area (Å²) in [5.74, 6) is -0.00413. The largest absolute Gasteiger partial charge is 0.467 e. The van der Waals surface area contributed by atoms with Crippen LogP contribution in [-0.2, 0) is 20.9 Å². The van der Waals surface area contributed by atoms with E-state index in [9.17, 15) is 22.8 Å². The van der Waals surface area contributed by atoms with Crippen molar-refractivity contribution in [1.82, 2.24) is 5.32 Å². The summed E-state index contributed by atoms with van der Waals surface area (Å²) in [6.07, 6.45) is -2.82. The fourth-order valence-electron chi connectivity index (χ4n) is 1.71. The van der Waals surface area contributed by atoms with Crippen LogP contribution in [-0.4, -0.2) is 30.9 Å². The summed E-state index contributed by atoms with van der Waals surface area (Å²) in [6.45, 7) is -0.266. The van der Waals surface area contributed by atoms with Crippen LogP contribution < -0.4 is 5.32 Å². The summed E-state index contributed by atoms with van der Waals surface area (Å²) in [5, 5.41) is 1.49. The van der Waals surface area contributed by atoms with Crippen molar-refractivity contribution in [2.75, 3.05) is 7.11 Å². The van der Waals surface area contributed by atoms with Gasteiger partial charge in [0.25, 0.3) is 0 Å². The third kappa shape index (κ3) is 4.39. The standard InChI is InChI=1S/C15H14F3NO4/c1-3-9-14(12(20)22-2,15(16,17)18)19-13(21)23-10-11-7-5-4-6-8-11/h1,4-8H,9-10H2,2H3,(H,19,21). The quantitative estimate of drug-likeness (QED) is 0.665. The molecule has 0 aliphatic rings. The first-order chi connectivity index (χ1) is 10.8. The molecule has 1 atom stereocenters. The SMILES string of the molecule is C#CCC(NC(=O)OCc1ccccc1)(C(=O)OC)C(F)(F)F. The maximum atomic E-state index is 13.3. The van der Waals surface area contributed by atoms with Gasteiger partial charge in [0.2, 0.25) is 5.54 Å². The molecule has 8 heteroatoms. The number of alkyl halides is 3. The van der Waals surface area contributed by atoms with Gasteiger partial charge in [-0.05, 0) is 5.56 Å². The van der Waals surface area contributed by atoms with Gasteiger partial charge >= 0.3 is 18.2 Å². The van der Waals surface area contributed by atoms with Gasteiger partial charge in [-0.15, -0.1) is 12.3 Å². The van der Waals surface area contributed by atoms with Crippen LogP contribution in [0.25, 0.3) is 0 Å². The topological polar surface area (TPSA) is 64.6 Å². The molecule has 0 saturated heterocycles. The van der Waals surface area contributed by atoms with Crippen LogP contribution in [0.5, 0.6) is 0 Å². The van der Waals surface area contributed by atoms with E-state index in [1.54, 1.807) is 36.3 Å². The number of terminal acetylenes is 1. The lowest BCUT2D eigenvalue weighted by molar-refractivity contribution is -0.209. The fraction of sp³-hybridized carbons (Fsp3) is 0.333. The van der Waals surface area contributed by atoms with E-state index in [-0.39, 0.29) is 6.61 Å². The second-order valence-electron chi connectivity index (χ2n) is 4.46. The van der Waals surface area contributed by atoms with E-state index in [4.69, 9.17) is 11.2 Å². The third-order valence-electron chi connectivity index (χ3n) is 2.91. The molecule has 1 rings (SSSR count). The molecule has 0 aromatic heterocycles. The van der Waals surface area contributed by atoms with Gasteiger partial charge in [0.1, 0.15) is 6.61 Å². The minimum Gasteiger partial charge on any atom is -0.467 e. The van der Waals surface area contributed by atoms with Crippen LogP contribution in [0.3, 0.4) is 0 Å². The Morgan fingerprint density at radius 3 is 2.35 bits per heavy atom. The number of carbonyl (C=O) groups excluding carboxylic acids is 2. The Labute approximate surface area is 130 Å². The van der Waals surface area contributed by atoms with Gasteiger partial charge < -0.3 is 9.47 Å². The van der Waals surface area contributed by atoms with Gasteiger partial charge in [-0.2, -0.15) is 13.2 Å². The molecular formula is C15H14F3NO4. The number of amides is 1. The van der Waals surface area contributed by atoms with Crippen LogP contribution in [0.4, 0.5) is 18.0 Å². The molecule has 0 radical (unpaired) electrons. The van der Waals surface area contributed by atoms with E-state index in [0.717, 1.165) is 7.11 Å². The minimum absolute atomic E-state index is 0.266. The summed E-state index contributed by atoms with van der Waals surface area (Å²) in [6, 6.07) is 8.30. The number of benzene rings is 1. The van der Waals surface area contributed by atoms with Crippen LogP contribution in [0, 0.1) is 12.3 Å². The van der Waals surface area contributed by atoms with Crippen molar-refractivity contribution in [1.29, 1.82) is 0 Å². The summed E-state index contributed by atoms with van der Waals surface area (Å²) in [7, 11) is 0.760. The molecule has 0 fully saturated rings. The van der Waals surface area contributed by atoms with Crippen molar-refractivity contribution >= 4 is 12.1 Å². The number of esters is 1. The molecule has 0 spiro atoms. The number of nitrogens with one attached hydrogen (secondary N) is 1. The molecule has 0 aliphatic heterocycles. The van der Waals surface area contributed by atoms with Gasteiger partial charge in [-0.3, -0.25) is 5.32 Å². The average Bonchev–Trinajstić information content (AvgIpc) is 2.51. The molecule has 5 nitrogen and oxygen atoms in total. The van der Waals surface area contributed by atoms with E-state index in [1.165, 1.54) is 5.32 Å². The summed E-state index contributed by atoms with van der Waals surface area (Å²) in [5.41, 5.74) is -2.79. The highest BCUT2D eigenvalue weighted by atomic mass is 19.4. The first kappa shape index (κ1) is 18.4.